The summed E-state index contributed by atoms with van der Waals surface area (Å²) >= 11 is 0. The molecule has 0 bridgehead atoms. The maximum Gasteiger partial charge on any atom is 0.227 e. The summed E-state index contributed by atoms with van der Waals surface area (Å²) in [5, 5.41) is 9.69. The Hall–Kier alpha value is -3.22. The summed E-state index contributed by atoms with van der Waals surface area (Å²) in [6, 6.07) is 13.7. The molecule has 3 rings (SSSR count). The van der Waals surface area contributed by atoms with Crippen LogP contribution in [0.1, 0.15) is 43.7 Å². The van der Waals surface area contributed by atoms with Crippen molar-refractivity contribution >= 4 is 17.6 Å². The van der Waals surface area contributed by atoms with Gasteiger partial charge in [0.05, 0.1) is 20.8 Å². The number of methoxy groups -OCH3 is 2. The molecule has 2 aromatic rings. The minimum Gasteiger partial charge on any atom is -0.493 e. The Morgan fingerprint density at radius 2 is 1.78 bits per heavy atom. The Morgan fingerprint density at radius 3 is 2.50 bits per heavy atom. The van der Waals surface area contributed by atoms with Gasteiger partial charge < -0.3 is 25.4 Å². The molecule has 0 aromatic heterocycles. The van der Waals surface area contributed by atoms with Crippen molar-refractivity contribution in [2.45, 2.75) is 45.7 Å². The molecule has 1 saturated carbocycles. The molecule has 0 radical (unpaired) electrons. The highest BCUT2D eigenvalue weighted by Gasteiger charge is 2.22. The van der Waals surface area contributed by atoms with Crippen molar-refractivity contribution in [2.24, 2.45) is 10.9 Å². The molecular weight excluding hydrogens is 404 g/mol. The summed E-state index contributed by atoms with van der Waals surface area (Å²) in [5.74, 6) is 2.41. The zero-order valence-electron chi connectivity index (χ0n) is 19.2. The molecule has 1 amide bonds. The van der Waals surface area contributed by atoms with E-state index in [0.717, 1.165) is 55.0 Å². The van der Waals surface area contributed by atoms with E-state index in [1.807, 2.05) is 49.4 Å². The maximum absolute atomic E-state index is 12.4. The molecule has 0 aliphatic heterocycles. The molecule has 3 N–H and O–H groups in total. The van der Waals surface area contributed by atoms with Crippen LogP contribution in [0.4, 0.5) is 5.69 Å². The molecule has 0 spiro atoms. The third-order valence-electron chi connectivity index (χ3n) is 5.59. The van der Waals surface area contributed by atoms with Crippen molar-refractivity contribution in [1.82, 2.24) is 10.6 Å². The lowest BCUT2D eigenvalue weighted by Gasteiger charge is -2.14. The SMILES string of the molecule is CCNC(=NCc1cccc(NC(=O)C2CCCC2)c1)NCc1ccc(OC)c(OC)c1. The highest BCUT2D eigenvalue weighted by Crippen LogP contribution is 2.27. The van der Waals surface area contributed by atoms with E-state index < -0.39 is 0 Å². The van der Waals surface area contributed by atoms with Crippen molar-refractivity contribution in [3.63, 3.8) is 0 Å². The van der Waals surface area contributed by atoms with E-state index >= 15 is 0 Å². The number of nitrogens with one attached hydrogen (secondary N) is 3. The van der Waals surface area contributed by atoms with Crippen LogP contribution in [0, 0.1) is 5.92 Å². The molecule has 1 fully saturated rings. The Labute approximate surface area is 190 Å². The fraction of sp³-hybridized carbons (Fsp3) is 0.440. The van der Waals surface area contributed by atoms with Gasteiger partial charge in [-0.15, -0.1) is 0 Å². The molecule has 1 aliphatic rings. The molecule has 7 heteroatoms. The van der Waals surface area contributed by atoms with Gasteiger partial charge in [0.15, 0.2) is 17.5 Å². The van der Waals surface area contributed by atoms with Gasteiger partial charge in [-0.05, 0) is 55.2 Å². The molecule has 0 heterocycles. The fourth-order valence-corrected chi connectivity index (χ4v) is 3.87. The molecule has 7 nitrogen and oxygen atoms in total. The predicted octanol–water partition coefficient (Wildman–Crippen LogP) is 4.09. The minimum atomic E-state index is 0.132. The van der Waals surface area contributed by atoms with Gasteiger partial charge in [-0.2, -0.15) is 0 Å². The summed E-state index contributed by atoms with van der Waals surface area (Å²) < 4.78 is 10.7. The van der Waals surface area contributed by atoms with Crippen LogP contribution in [-0.2, 0) is 17.9 Å². The third-order valence-corrected chi connectivity index (χ3v) is 5.59. The van der Waals surface area contributed by atoms with E-state index in [9.17, 15) is 4.79 Å². The molecule has 172 valence electrons. The van der Waals surface area contributed by atoms with E-state index in [4.69, 9.17) is 14.5 Å². The average Bonchev–Trinajstić information content (AvgIpc) is 3.36. The monoisotopic (exact) mass is 438 g/mol. The molecule has 0 unspecified atom stereocenters. The number of guanidine groups is 1. The summed E-state index contributed by atoms with van der Waals surface area (Å²) in [7, 11) is 3.26. The lowest BCUT2D eigenvalue weighted by Crippen LogP contribution is -2.36. The Kier molecular flexibility index (Phi) is 8.78. The summed E-state index contributed by atoms with van der Waals surface area (Å²) in [4.78, 5) is 17.1. The Balaban J connectivity index is 1.60. The van der Waals surface area contributed by atoms with Gasteiger partial charge >= 0.3 is 0 Å². The van der Waals surface area contributed by atoms with Crippen LogP contribution in [-0.4, -0.2) is 32.6 Å². The van der Waals surface area contributed by atoms with Gasteiger partial charge in [0, 0.05) is 24.7 Å². The number of rotatable bonds is 9. The number of carbonyl (C=O) groups is 1. The second-order valence-electron chi connectivity index (χ2n) is 7.91. The largest absolute Gasteiger partial charge is 0.493 e. The summed E-state index contributed by atoms with van der Waals surface area (Å²) in [6.07, 6.45) is 4.29. The number of nitrogens with zero attached hydrogens (tertiary/aromatic N) is 1. The topological polar surface area (TPSA) is 84.0 Å². The minimum absolute atomic E-state index is 0.132. The average molecular weight is 439 g/mol. The van der Waals surface area contributed by atoms with Crippen LogP contribution in [0.3, 0.4) is 0 Å². The van der Waals surface area contributed by atoms with Crippen LogP contribution in [0.25, 0.3) is 0 Å². The van der Waals surface area contributed by atoms with E-state index in [-0.39, 0.29) is 11.8 Å². The molecule has 0 atom stereocenters. The normalized spacial score (nSPS) is 14.2. The number of hydrogen-bond donors (Lipinski definition) is 3. The number of amides is 1. The van der Waals surface area contributed by atoms with Gasteiger partial charge in [0.1, 0.15) is 0 Å². The van der Waals surface area contributed by atoms with Crippen molar-refractivity contribution in [3.05, 3.63) is 53.6 Å². The Morgan fingerprint density at radius 1 is 1.00 bits per heavy atom. The van der Waals surface area contributed by atoms with Gasteiger partial charge in [0.2, 0.25) is 5.91 Å². The lowest BCUT2D eigenvalue weighted by molar-refractivity contribution is -0.119. The van der Waals surface area contributed by atoms with E-state index in [2.05, 4.69) is 16.0 Å². The van der Waals surface area contributed by atoms with E-state index in [1.54, 1.807) is 14.2 Å². The zero-order valence-corrected chi connectivity index (χ0v) is 19.2. The highest BCUT2D eigenvalue weighted by atomic mass is 16.5. The first-order valence-corrected chi connectivity index (χ1v) is 11.3. The van der Waals surface area contributed by atoms with Gasteiger partial charge in [-0.25, -0.2) is 4.99 Å². The molecular formula is C25H34N4O3. The number of ether oxygens (including phenoxy) is 2. The molecule has 0 saturated heterocycles. The van der Waals surface area contributed by atoms with Crippen molar-refractivity contribution in [2.75, 3.05) is 26.1 Å². The quantitative estimate of drug-likeness (QED) is 0.406. The molecule has 1 aliphatic carbocycles. The second-order valence-corrected chi connectivity index (χ2v) is 7.91. The van der Waals surface area contributed by atoms with Crippen molar-refractivity contribution in [3.8, 4) is 11.5 Å². The highest BCUT2D eigenvalue weighted by molar-refractivity contribution is 5.92. The second kappa shape index (κ2) is 12.0. The number of benzene rings is 2. The third kappa shape index (κ3) is 6.64. The van der Waals surface area contributed by atoms with E-state index in [0.29, 0.717) is 24.6 Å². The predicted molar refractivity (Wildman–Crippen MR) is 128 cm³/mol. The number of carbonyl (C=O) groups excluding carboxylic acids is 1. The van der Waals surface area contributed by atoms with Crippen LogP contribution >= 0.6 is 0 Å². The summed E-state index contributed by atoms with van der Waals surface area (Å²) in [6.45, 7) is 3.90. The first-order chi connectivity index (χ1) is 15.6. The number of aliphatic imine (C=N–C) groups is 1. The van der Waals surface area contributed by atoms with Crippen LogP contribution in [0.15, 0.2) is 47.5 Å². The van der Waals surface area contributed by atoms with Gasteiger partial charge in [-0.3, -0.25) is 4.79 Å². The Bertz CT molecular complexity index is 923. The lowest BCUT2D eigenvalue weighted by atomic mass is 10.1. The smallest absolute Gasteiger partial charge is 0.227 e. The number of hydrogen-bond acceptors (Lipinski definition) is 4. The van der Waals surface area contributed by atoms with Crippen LogP contribution < -0.4 is 25.4 Å². The molecule has 2 aromatic carbocycles. The van der Waals surface area contributed by atoms with Crippen LogP contribution in [0.5, 0.6) is 11.5 Å². The first kappa shape index (κ1) is 23.4. The fourth-order valence-electron chi connectivity index (χ4n) is 3.87. The van der Waals surface area contributed by atoms with Crippen LogP contribution in [0.2, 0.25) is 0 Å². The maximum atomic E-state index is 12.4. The number of anilines is 1. The summed E-state index contributed by atoms with van der Waals surface area (Å²) in [5.41, 5.74) is 2.93. The van der Waals surface area contributed by atoms with Crippen molar-refractivity contribution < 1.29 is 14.3 Å². The van der Waals surface area contributed by atoms with E-state index in [1.165, 1.54) is 0 Å². The van der Waals surface area contributed by atoms with Crippen molar-refractivity contribution in [1.29, 1.82) is 0 Å². The van der Waals surface area contributed by atoms with Gasteiger partial charge in [0.25, 0.3) is 0 Å². The molecule has 32 heavy (non-hydrogen) atoms. The first-order valence-electron chi connectivity index (χ1n) is 11.3. The standard InChI is InChI=1S/C25H34N4O3/c1-4-26-25(28-17-19-12-13-22(31-2)23(15-19)32-3)27-16-18-8-7-11-21(14-18)29-24(30)20-9-5-6-10-20/h7-8,11-15,20H,4-6,9-10,16-17H2,1-3H3,(H,29,30)(H2,26,27,28). The zero-order chi connectivity index (χ0) is 22.8. The van der Waals surface area contributed by atoms with Gasteiger partial charge in [-0.1, -0.05) is 31.0 Å².